The molecule has 0 fully saturated rings. The monoisotopic (exact) mass is 246 g/mol. The summed E-state index contributed by atoms with van der Waals surface area (Å²) in [6.07, 6.45) is 0. The van der Waals surface area contributed by atoms with Crippen LogP contribution in [0.3, 0.4) is 0 Å². The van der Waals surface area contributed by atoms with Gasteiger partial charge in [0.05, 0.1) is 10.7 Å². The molecule has 2 aromatic rings. The second-order valence-electron chi connectivity index (χ2n) is 3.84. The van der Waals surface area contributed by atoms with E-state index in [-0.39, 0.29) is 5.82 Å². The molecule has 0 atom stereocenters. The van der Waals surface area contributed by atoms with Crippen molar-refractivity contribution in [1.82, 2.24) is 10.2 Å². The quantitative estimate of drug-likeness (QED) is 0.812. The molecule has 5 heteroatoms. The molecular weight excluding hydrogens is 236 g/mol. The molecule has 4 nitrogen and oxygen atoms in total. The zero-order chi connectivity index (χ0) is 12.6. The Hall–Kier alpha value is -1.99. The number of benzene rings is 1. The Kier molecular flexibility index (Phi) is 2.78. The average Bonchev–Trinajstić information content (AvgIpc) is 2.67. The molecule has 0 saturated heterocycles. The van der Waals surface area contributed by atoms with Crippen molar-refractivity contribution in [1.29, 1.82) is 5.26 Å². The highest BCUT2D eigenvalue weighted by atomic mass is 35.5. The first-order valence-electron chi connectivity index (χ1n) is 5.06. The van der Waals surface area contributed by atoms with Crippen molar-refractivity contribution < 1.29 is 0 Å². The largest absolute Gasteiger partial charge is 0.381 e. The first kappa shape index (κ1) is 11.5. The molecular formula is C12H11ClN4. The third-order valence-electron chi connectivity index (χ3n) is 2.83. The fourth-order valence-electron chi connectivity index (χ4n) is 1.64. The van der Waals surface area contributed by atoms with Crippen molar-refractivity contribution in [2.24, 2.45) is 0 Å². The predicted octanol–water partition coefficient (Wildman–Crippen LogP) is 2.80. The summed E-state index contributed by atoms with van der Waals surface area (Å²) in [6.45, 7) is 3.92. The minimum atomic E-state index is 0.191. The SMILES string of the molecule is Cc1ccc(-c2[nH]nc(N)c2C#N)c(Cl)c1C. The van der Waals surface area contributed by atoms with Crippen LogP contribution in [0, 0.1) is 25.2 Å². The van der Waals surface area contributed by atoms with Crippen LogP contribution < -0.4 is 5.73 Å². The highest BCUT2D eigenvalue weighted by Gasteiger charge is 2.16. The lowest BCUT2D eigenvalue weighted by Crippen LogP contribution is -1.90. The lowest BCUT2D eigenvalue weighted by Gasteiger charge is -2.08. The highest BCUT2D eigenvalue weighted by molar-refractivity contribution is 6.34. The van der Waals surface area contributed by atoms with Gasteiger partial charge in [-0.3, -0.25) is 5.10 Å². The van der Waals surface area contributed by atoms with Crippen molar-refractivity contribution in [3.63, 3.8) is 0 Å². The number of H-pyrrole nitrogens is 1. The Labute approximate surface area is 104 Å². The number of anilines is 1. The minimum absolute atomic E-state index is 0.191. The Morgan fingerprint density at radius 1 is 1.41 bits per heavy atom. The van der Waals surface area contributed by atoms with Crippen LogP contribution in [0.15, 0.2) is 12.1 Å². The number of nitrogens with one attached hydrogen (secondary N) is 1. The number of nitriles is 1. The van der Waals surface area contributed by atoms with E-state index in [0.717, 1.165) is 16.7 Å². The molecule has 1 aromatic carbocycles. The van der Waals surface area contributed by atoms with E-state index in [1.165, 1.54) is 0 Å². The highest BCUT2D eigenvalue weighted by Crippen LogP contribution is 2.33. The number of nitrogens with two attached hydrogens (primary N) is 1. The zero-order valence-corrected chi connectivity index (χ0v) is 10.3. The fraction of sp³-hybridized carbons (Fsp3) is 0.167. The maximum Gasteiger partial charge on any atom is 0.163 e. The number of rotatable bonds is 1. The van der Waals surface area contributed by atoms with Crippen LogP contribution in [0.1, 0.15) is 16.7 Å². The van der Waals surface area contributed by atoms with E-state index >= 15 is 0 Å². The van der Waals surface area contributed by atoms with Crippen molar-refractivity contribution in [3.8, 4) is 17.3 Å². The van der Waals surface area contributed by atoms with E-state index in [1.807, 2.05) is 32.0 Å². The summed E-state index contributed by atoms with van der Waals surface area (Å²) in [4.78, 5) is 0. The van der Waals surface area contributed by atoms with Crippen LogP contribution in [-0.4, -0.2) is 10.2 Å². The predicted molar refractivity (Wildman–Crippen MR) is 67.6 cm³/mol. The first-order valence-corrected chi connectivity index (χ1v) is 5.44. The molecule has 0 amide bonds. The second-order valence-corrected chi connectivity index (χ2v) is 4.22. The van der Waals surface area contributed by atoms with Gasteiger partial charge >= 0.3 is 0 Å². The molecule has 17 heavy (non-hydrogen) atoms. The summed E-state index contributed by atoms with van der Waals surface area (Å²) < 4.78 is 0. The molecule has 0 aliphatic heterocycles. The van der Waals surface area contributed by atoms with Crippen molar-refractivity contribution >= 4 is 17.4 Å². The van der Waals surface area contributed by atoms with E-state index < -0.39 is 0 Å². The summed E-state index contributed by atoms with van der Waals surface area (Å²) in [5, 5.41) is 16.2. The molecule has 1 heterocycles. The number of aromatic nitrogens is 2. The average molecular weight is 247 g/mol. The number of hydrogen-bond donors (Lipinski definition) is 2. The Morgan fingerprint density at radius 3 is 2.76 bits per heavy atom. The molecule has 0 aliphatic carbocycles. The number of aromatic amines is 1. The first-order chi connectivity index (χ1) is 8.06. The van der Waals surface area contributed by atoms with Crippen molar-refractivity contribution in [2.45, 2.75) is 13.8 Å². The molecule has 3 N–H and O–H groups in total. The number of hydrogen-bond acceptors (Lipinski definition) is 3. The van der Waals surface area contributed by atoms with Gasteiger partial charge in [0.25, 0.3) is 0 Å². The number of aryl methyl sites for hydroxylation is 1. The van der Waals surface area contributed by atoms with Gasteiger partial charge in [-0.05, 0) is 25.0 Å². The van der Waals surface area contributed by atoms with E-state index in [4.69, 9.17) is 22.6 Å². The molecule has 0 spiro atoms. The molecule has 2 rings (SSSR count). The third-order valence-corrected chi connectivity index (χ3v) is 3.32. The number of nitrogens with zero attached hydrogens (tertiary/aromatic N) is 2. The van der Waals surface area contributed by atoms with Gasteiger partial charge in [-0.2, -0.15) is 10.4 Å². The number of halogens is 1. The van der Waals surface area contributed by atoms with Gasteiger partial charge in [-0.15, -0.1) is 0 Å². The fourth-order valence-corrected chi connectivity index (χ4v) is 1.95. The van der Waals surface area contributed by atoms with Crippen LogP contribution in [0.2, 0.25) is 5.02 Å². The van der Waals surface area contributed by atoms with Gasteiger partial charge in [-0.25, -0.2) is 0 Å². The smallest absolute Gasteiger partial charge is 0.163 e. The van der Waals surface area contributed by atoms with Gasteiger partial charge in [-0.1, -0.05) is 23.7 Å². The third kappa shape index (κ3) is 1.75. The lowest BCUT2D eigenvalue weighted by atomic mass is 10.0. The number of nitrogen functional groups attached to an aromatic ring is 1. The van der Waals surface area contributed by atoms with Crippen LogP contribution >= 0.6 is 11.6 Å². The second kappa shape index (κ2) is 4.11. The maximum atomic E-state index is 9.03. The van der Waals surface area contributed by atoms with E-state index in [2.05, 4.69) is 10.2 Å². The van der Waals surface area contributed by atoms with E-state index in [0.29, 0.717) is 16.3 Å². The molecule has 0 aliphatic rings. The molecule has 0 unspecified atom stereocenters. The van der Waals surface area contributed by atoms with Gasteiger partial charge in [0, 0.05) is 5.56 Å². The topological polar surface area (TPSA) is 78.5 Å². The normalized spacial score (nSPS) is 10.2. The van der Waals surface area contributed by atoms with Gasteiger partial charge in [0.1, 0.15) is 11.6 Å². The van der Waals surface area contributed by atoms with Gasteiger partial charge in [0.15, 0.2) is 5.82 Å². The van der Waals surface area contributed by atoms with E-state index in [9.17, 15) is 0 Å². The summed E-state index contributed by atoms with van der Waals surface area (Å²) in [6, 6.07) is 5.84. The van der Waals surface area contributed by atoms with Crippen LogP contribution in [0.25, 0.3) is 11.3 Å². The molecule has 0 saturated carbocycles. The summed E-state index contributed by atoms with van der Waals surface area (Å²) in [7, 11) is 0. The minimum Gasteiger partial charge on any atom is -0.381 e. The van der Waals surface area contributed by atoms with Crippen LogP contribution in [0.5, 0.6) is 0 Å². The van der Waals surface area contributed by atoms with Crippen LogP contribution in [-0.2, 0) is 0 Å². The Morgan fingerprint density at radius 2 is 2.12 bits per heavy atom. The molecule has 0 bridgehead atoms. The molecule has 0 radical (unpaired) electrons. The Bertz CT molecular complexity index is 622. The van der Waals surface area contributed by atoms with Gasteiger partial charge < -0.3 is 5.73 Å². The maximum absolute atomic E-state index is 9.03. The summed E-state index contributed by atoms with van der Waals surface area (Å²) >= 11 is 6.27. The summed E-state index contributed by atoms with van der Waals surface area (Å²) in [5.41, 5.74) is 9.33. The standard InChI is InChI=1S/C12H11ClN4/c1-6-3-4-8(10(13)7(6)2)11-9(5-14)12(15)17-16-11/h3-4H,1-2H3,(H3,15,16,17). The summed E-state index contributed by atoms with van der Waals surface area (Å²) in [5.74, 6) is 0.191. The molecule has 86 valence electrons. The Balaban J connectivity index is 2.70. The van der Waals surface area contributed by atoms with Crippen LogP contribution in [0.4, 0.5) is 5.82 Å². The van der Waals surface area contributed by atoms with Crippen molar-refractivity contribution in [2.75, 3.05) is 5.73 Å². The zero-order valence-electron chi connectivity index (χ0n) is 9.50. The molecule has 1 aromatic heterocycles. The lowest BCUT2D eigenvalue weighted by molar-refractivity contribution is 1.10. The van der Waals surface area contributed by atoms with E-state index in [1.54, 1.807) is 0 Å². The van der Waals surface area contributed by atoms with Crippen molar-refractivity contribution in [3.05, 3.63) is 33.8 Å². The van der Waals surface area contributed by atoms with Gasteiger partial charge in [0.2, 0.25) is 0 Å².